The number of rotatable bonds is 7. The molecule has 192 valence electrons. The number of imidazole rings is 1. The molecule has 10 nitrogen and oxygen atoms in total. The number of fused-ring (bicyclic) bond motifs is 1. The van der Waals surface area contributed by atoms with E-state index in [4.69, 9.17) is 9.52 Å². The number of nitrogens with one attached hydrogen (secondary N) is 1. The summed E-state index contributed by atoms with van der Waals surface area (Å²) in [6.07, 6.45) is 5.74. The van der Waals surface area contributed by atoms with Crippen molar-refractivity contribution in [1.29, 1.82) is 0 Å². The predicted octanol–water partition coefficient (Wildman–Crippen LogP) is 4.20. The van der Waals surface area contributed by atoms with Gasteiger partial charge in [-0.25, -0.2) is 18.7 Å². The Morgan fingerprint density at radius 3 is 2.70 bits per heavy atom. The zero-order chi connectivity index (χ0) is 26.2. The van der Waals surface area contributed by atoms with Gasteiger partial charge in [0.1, 0.15) is 11.9 Å². The van der Waals surface area contributed by atoms with Crippen molar-refractivity contribution in [3.05, 3.63) is 60.1 Å². The minimum atomic E-state index is -2.73. The Kier molecular flexibility index (Phi) is 6.32. The Bertz CT molecular complexity index is 1470. The summed E-state index contributed by atoms with van der Waals surface area (Å²) >= 11 is 0. The number of oxazole rings is 1. The minimum Gasteiger partial charge on any atom is -0.481 e. The number of hydrogen-bond donors (Lipinski definition) is 2. The standard InChI is InChI=1S/C25H24F2N6O4/c1-15-10-16(4-7-28-15)24-31-19(14-37-24)23(36)30-18-13-33-12-17(2-3-22(34)35)29-21(33)11-20(18)32-8-5-25(26,27)6-9-32/h4,7,10-14H,2-3,5-6,8-9H2,1H3,(H,30,36)(H,34,35). The highest BCUT2D eigenvalue weighted by Crippen LogP contribution is 2.35. The zero-order valence-corrected chi connectivity index (χ0v) is 19.9. The van der Waals surface area contributed by atoms with Gasteiger partial charge in [0.05, 0.1) is 23.5 Å². The average molecular weight is 511 g/mol. The Labute approximate surface area is 210 Å². The molecule has 0 aromatic carbocycles. The molecule has 1 aliphatic rings. The van der Waals surface area contributed by atoms with E-state index in [0.717, 1.165) is 5.69 Å². The van der Waals surface area contributed by atoms with Gasteiger partial charge in [0.2, 0.25) is 5.89 Å². The maximum atomic E-state index is 13.8. The third-order valence-corrected chi connectivity index (χ3v) is 6.18. The Hall–Kier alpha value is -4.35. The first-order valence-electron chi connectivity index (χ1n) is 11.7. The number of aromatic nitrogens is 4. The van der Waals surface area contributed by atoms with Crippen LogP contribution in [0.3, 0.4) is 0 Å². The molecule has 37 heavy (non-hydrogen) atoms. The molecule has 0 radical (unpaired) electrons. The maximum absolute atomic E-state index is 13.8. The van der Waals surface area contributed by atoms with Gasteiger partial charge in [0.25, 0.3) is 11.8 Å². The normalized spacial score (nSPS) is 15.2. The van der Waals surface area contributed by atoms with Crippen LogP contribution in [0.4, 0.5) is 20.2 Å². The van der Waals surface area contributed by atoms with E-state index < -0.39 is 17.8 Å². The average Bonchev–Trinajstić information content (AvgIpc) is 3.49. The van der Waals surface area contributed by atoms with Crippen molar-refractivity contribution in [1.82, 2.24) is 19.4 Å². The highest BCUT2D eigenvalue weighted by atomic mass is 19.3. The molecule has 4 aromatic rings. The second-order valence-corrected chi connectivity index (χ2v) is 8.98. The van der Waals surface area contributed by atoms with Crippen molar-refractivity contribution in [3.63, 3.8) is 0 Å². The first-order valence-corrected chi connectivity index (χ1v) is 11.7. The first kappa shape index (κ1) is 24.3. The fourth-order valence-electron chi connectivity index (χ4n) is 4.24. The van der Waals surface area contributed by atoms with E-state index in [1.54, 1.807) is 46.1 Å². The van der Waals surface area contributed by atoms with Crippen molar-refractivity contribution < 1.29 is 27.9 Å². The summed E-state index contributed by atoms with van der Waals surface area (Å²) in [7, 11) is 0. The highest BCUT2D eigenvalue weighted by molar-refractivity contribution is 6.05. The van der Waals surface area contributed by atoms with E-state index in [1.807, 2.05) is 6.92 Å². The first-order chi connectivity index (χ1) is 17.7. The number of carbonyl (C=O) groups is 2. The number of anilines is 2. The van der Waals surface area contributed by atoms with Crippen LogP contribution >= 0.6 is 0 Å². The summed E-state index contributed by atoms with van der Waals surface area (Å²) < 4.78 is 34.8. The van der Waals surface area contributed by atoms with E-state index in [1.165, 1.54) is 6.26 Å². The summed E-state index contributed by atoms with van der Waals surface area (Å²) in [5.74, 6) is -3.94. The molecule has 4 aromatic heterocycles. The lowest BCUT2D eigenvalue weighted by molar-refractivity contribution is -0.136. The van der Waals surface area contributed by atoms with E-state index in [0.29, 0.717) is 28.3 Å². The molecule has 0 bridgehead atoms. The number of hydrogen-bond acceptors (Lipinski definition) is 7. The number of carbonyl (C=O) groups excluding carboxylic acids is 1. The number of nitrogens with zero attached hydrogens (tertiary/aromatic N) is 5. The molecule has 0 saturated carbocycles. The fraction of sp³-hybridized carbons (Fsp3) is 0.320. The Balaban J connectivity index is 1.45. The molecule has 1 aliphatic heterocycles. The van der Waals surface area contributed by atoms with Crippen LogP contribution < -0.4 is 10.2 Å². The second-order valence-electron chi connectivity index (χ2n) is 8.98. The summed E-state index contributed by atoms with van der Waals surface area (Å²) in [6, 6.07) is 5.21. The Morgan fingerprint density at radius 2 is 1.97 bits per heavy atom. The molecule has 0 aliphatic carbocycles. The van der Waals surface area contributed by atoms with Crippen LogP contribution in [0.15, 0.2) is 47.5 Å². The van der Waals surface area contributed by atoms with Gasteiger partial charge in [-0.05, 0) is 19.1 Å². The van der Waals surface area contributed by atoms with Gasteiger partial charge >= 0.3 is 5.97 Å². The topological polar surface area (TPSA) is 126 Å². The molecule has 0 atom stereocenters. The van der Waals surface area contributed by atoms with Gasteiger partial charge in [-0.15, -0.1) is 0 Å². The van der Waals surface area contributed by atoms with Gasteiger partial charge in [-0.2, -0.15) is 0 Å². The lowest BCUT2D eigenvalue weighted by atomic mass is 10.1. The molecule has 1 fully saturated rings. The predicted molar refractivity (Wildman–Crippen MR) is 130 cm³/mol. The van der Waals surface area contributed by atoms with E-state index >= 15 is 0 Å². The number of alkyl halides is 2. The smallest absolute Gasteiger partial charge is 0.303 e. The fourth-order valence-corrected chi connectivity index (χ4v) is 4.24. The van der Waals surface area contributed by atoms with Crippen molar-refractivity contribution in [2.24, 2.45) is 0 Å². The number of aliphatic carboxylic acids is 1. The number of piperidine rings is 1. The molecule has 5 heterocycles. The number of aryl methyl sites for hydroxylation is 2. The van der Waals surface area contributed by atoms with Crippen LogP contribution in [0.2, 0.25) is 0 Å². The van der Waals surface area contributed by atoms with E-state index in [9.17, 15) is 18.4 Å². The summed E-state index contributed by atoms with van der Waals surface area (Å²) in [4.78, 5) is 38.7. The molecule has 2 N–H and O–H groups in total. The van der Waals surface area contributed by atoms with E-state index in [-0.39, 0.29) is 50.4 Å². The second kappa shape index (κ2) is 9.60. The SMILES string of the molecule is Cc1cc(-c2nc(C(=O)Nc3cn4cc(CCC(=O)O)nc4cc3N3CCC(F)(F)CC3)co2)ccn1. The monoisotopic (exact) mass is 510 g/mol. The third kappa shape index (κ3) is 5.42. The molecule has 0 unspecified atom stereocenters. The molecular weight excluding hydrogens is 486 g/mol. The van der Waals surface area contributed by atoms with E-state index in [2.05, 4.69) is 20.3 Å². The zero-order valence-electron chi connectivity index (χ0n) is 19.9. The number of amides is 1. The summed E-state index contributed by atoms with van der Waals surface area (Å²) in [6.45, 7) is 2.04. The van der Waals surface area contributed by atoms with Crippen molar-refractivity contribution >= 4 is 28.9 Å². The highest BCUT2D eigenvalue weighted by Gasteiger charge is 2.35. The number of carboxylic acid groups (broad SMARTS) is 1. The summed E-state index contributed by atoms with van der Waals surface area (Å²) in [5.41, 5.74) is 3.51. The van der Waals surface area contributed by atoms with Crippen LogP contribution in [-0.4, -0.2) is 55.3 Å². The Morgan fingerprint density at radius 1 is 1.19 bits per heavy atom. The lowest BCUT2D eigenvalue weighted by Gasteiger charge is -2.34. The van der Waals surface area contributed by atoms with Crippen molar-refractivity contribution in [2.75, 3.05) is 23.3 Å². The van der Waals surface area contributed by atoms with Gasteiger partial charge < -0.3 is 24.1 Å². The van der Waals surface area contributed by atoms with Gasteiger partial charge in [-0.1, -0.05) is 0 Å². The molecule has 1 amide bonds. The van der Waals surface area contributed by atoms with Gasteiger partial charge in [0, 0.05) is 68.3 Å². The third-order valence-electron chi connectivity index (χ3n) is 6.18. The molecule has 12 heteroatoms. The summed E-state index contributed by atoms with van der Waals surface area (Å²) in [5, 5.41) is 11.8. The van der Waals surface area contributed by atoms with Crippen molar-refractivity contribution in [2.45, 2.75) is 38.5 Å². The molecule has 5 rings (SSSR count). The van der Waals surface area contributed by atoms with Crippen LogP contribution in [0.1, 0.15) is 41.1 Å². The lowest BCUT2D eigenvalue weighted by Crippen LogP contribution is -2.39. The molecular formula is C25H24F2N6O4. The number of carboxylic acids is 1. The molecule has 0 spiro atoms. The minimum absolute atomic E-state index is 0.0495. The van der Waals surface area contributed by atoms with Crippen molar-refractivity contribution in [3.8, 4) is 11.5 Å². The van der Waals surface area contributed by atoms with Gasteiger partial charge in [-0.3, -0.25) is 14.6 Å². The molecule has 1 saturated heterocycles. The van der Waals surface area contributed by atoms with Crippen LogP contribution in [0, 0.1) is 6.92 Å². The maximum Gasteiger partial charge on any atom is 0.303 e. The van der Waals surface area contributed by atoms with Gasteiger partial charge in [0.15, 0.2) is 5.69 Å². The van der Waals surface area contributed by atoms with Crippen LogP contribution in [-0.2, 0) is 11.2 Å². The van der Waals surface area contributed by atoms with Crippen LogP contribution in [0.25, 0.3) is 17.1 Å². The van der Waals surface area contributed by atoms with Crippen LogP contribution in [0.5, 0.6) is 0 Å². The number of pyridine rings is 2. The largest absolute Gasteiger partial charge is 0.481 e. The number of halogens is 2. The quantitative estimate of drug-likeness (QED) is 0.379.